The van der Waals surface area contributed by atoms with E-state index in [-0.39, 0.29) is 20.7 Å². The Morgan fingerprint density at radius 1 is 1.14 bits per heavy atom. The highest BCUT2D eigenvalue weighted by molar-refractivity contribution is 5.87. The molecule has 2 fully saturated rings. The molecule has 1 saturated carbocycles. The number of nitrogens with two attached hydrogens (primary N) is 2. The lowest BCUT2D eigenvalue weighted by atomic mass is 10.1. The molecule has 3 atom stereocenters. The van der Waals surface area contributed by atoms with Crippen LogP contribution in [-0.2, 0) is 14.4 Å². The number of unbranched alkanes of at least 4 members (excludes halogenated alkanes) is 4. The topological polar surface area (TPSA) is 106 Å². The molecule has 0 spiro atoms. The van der Waals surface area contributed by atoms with E-state index in [2.05, 4.69) is 19.2 Å². The maximum atomic E-state index is 12.0. The van der Waals surface area contributed by atoms with Crippen molar-refractivity contribution >= 4 is 17.6 Å². The predicted octanol–water partition coefficient (Wildman–Crippen LogP) is 4.31. The third kappa shape index (κ3) is 13.2. The summed E-state index contributed by atoms with van der Waals surface area (Å²) in [4.78, 5) is 35.2. The van der Waals surface area contributed by atoms with Gasteiger partial charge in [0, 0.05) is 21.7 Å². The first kappa shape index (κ1) is 29.5. The number of hydrogen-bond acceptors (Lipinski definition) is 4. The Morgan fingerprint density at radius 2 is 1.69 bits per heavy atom. The van der Waals surface area contributed by atoms with Gasteiger partial charge in [-0.25, -0.2) is 0 Å². The number of nitrogens with zero attached hydrogens (tertiary/aromatic N) is 1. The summed E-state index contributed by atoms with van der Waals surface area (Å²) in [6.45, 7) is 12.2. The lowest BCUT2D eigenvalue weighted by Gasteiger charge is -2.22. The van der Waals surface area contributed by atoms with Gasteiger partial charge in [-0.2, -0.15) is 0 Å². The fourth-order valence-corrected chi connectivity index (χ4v) is 3.31. The second-order valence-corrected chi connectivity index (χ2v) is 7.32. The number of likely N-dealkylation sites (tertiary alicyclic amines) is 1. The van der Waals surface area contributed by atoms with Crippen molar-refractivity contribution in [2.45, 2.75) is 91.5 Å². The summed E-state index contributed by atoms with van der Waals surface area (Å²) < 4.78 is 0. The van der Waals surface area contributed by atoms with Crippen molar-refractivity contribution in [3.05, 3.63) is 12.7 Å². The Labute approximate surface area is 181 Å². The van der Waals surface area contributed by atoms with E-state index in [1.807, 2.05) is 19.9 Å². The van der Waals surface area contributed by atoms with Crippen LogP contribution in [0.4, 0.5) is 0 Å². The predicted molar refractivity (Wildman–Crippen MR) is 125 cm³/mol. The summed E-state index contributed by atoms with van der Waals surface area (Å²) in [5, 5.41) is 0. The first-order chi connectivity index (χ1) is 13.9. The van der Waals surface area contributed by atoms with E-state index in [4.69, 9.17) is 5.73 Å². The standard InChI is InChI=1S/C14H24N2O2.C6H10O.C2H6.CH5N.2H2/c1-2-3-4-5-6-7-10-13(17)16-11-8-9-12(16)14(15)18;1-4-3-6(4)5(2)7;2*1-2;;/h2,12H,1,3-11H2,(H2,15,18);4,6H,3H2,1-2H3;1-2H3;2H2,1H3;2*1H/t12-;4-,6+;;;;/m01..../s1. The highest BCUT2D eigenvalue weighted by Crippen LogP contribution is 2.37. The van der Waals surface area contributed by atoms with E-state index >= 15 is 0 Å². The zero-order valence-corrected chi connectivity index (χ0v) is 19.4. The number of primary amides is 1. The fourth-order valence-electron chi connectivity index (χ4n) is 3.31. The molecule has 2 amide bonds. The largest absolute Gasteiger partial charge is 0.368 e. The number of ketones is 1. The molecule has 1 aliphatic carbocycles. The van der Waals surface area contributed by atoms with E-state index in [0.717, 1.165) is 51.4 Å². The zero-order valence-electron chi connectivity index (χ0n) is 19.4. The summed E-state index contributed by atoms with van der Waals surface area (Å²) in [6.07, 6.45) is 10.5. The lowest BCUT2D eigenvalue weighted by molar-refractivity contribution is -0.137. The third-order valence-corrected chi connectivity index (χ3v) is 5.08. The van der Waals surface area contributed by atoms with Crippen LogP contribution in [0.2, 0.25) is 0 Å². The molecule has 4 N–H and O–H groups in total. The smallest absolute Gasteiger partial charge is 0.240 e. The minimum Gasteiger partial charge on any atom is -0.368 e. The minimum atomic E-state index is -0.369. The Kier molecular flexibility index (Phi) is 18.7. The van der Waals surface area contributed by atoms with E-state index in [1.54, 1.807) is 11.8 Å². The second-order valence-electron chi connectivity index (χ2n) is 7.32. The molecule has 0 aromatic heterocycles. The van der Waals surface area contributed by atoms with Gasteiger partial charge in [0.1, 0.15) is 11.8 Å². The molecule has 0 unspecified atom stereocenters. The zero-order chi connectivity index (χ0) is 22.8. The van der Waals surface area contributed by atoms with Gasteiger partial charge < -0.3 is 16.4 Å². The maximum Gasteiger partial charge on any atom is 0.240 e. The van der Waals surface area contributed by atoms with Crippen LogP contribution in [0.5, 0.6) is 0 Å². The van der Waals surface area contributed by atoms with Gasteiger partial charge in [-0.1, -0.05) is 39.7 Å². The fraction of sp³-hybridized carbons (Fsp3) is 0.783. The molecule has 0 bridgehead atoms. The summed E-state index contributed by atoms with van der Waals surface area (Å²) >= 11 is 0. The normalized spacial score (nSPS) is 21.3. The van der Waals surface area contributed by atoms with Crippen molar-refractivity contribution in [3.63, 3.8) is 0 Å². The monoisotopic (exact) mass is 415 g/mol. The van der Waals surface area contributed by atoms with Crippen molar-refractivity contribution in [1.82, 2.24) is 4.90 Å². The molecule has 0 aromatic rings. The minimum absolute atomic E-state index is 0. The molecule has 6 heteroatoms. The lowest BCUT2D eigenvalue weighted by Crippen LogP contribution is -2.43. The van der Waals surface area contributed by atoms with Crippen molar-refractivity contribution < 1.29 is 17.2 Å². The van der Waals surface area contributed by atoms with Gasteiger partial charge in [0.2, 0.25) is 11.8 Å². The van der Waals surface area contributed by atoms with E-state index in [9.17, 15) is 14.4 Å². The van der Waals surface area contributed by atoms with Gasteiger partial charge in [0.05, 0.1) is 0 Å². The van der Waals surface area contributed by atoms with Crippen LogP contribution in [0.25, 0.3) is 0 Å². The molecular formula is C23H49N3O3. The third-order valence-electron chi connectivity index (χ3n) is 5.08. The molecule has 6 nitrogen and oxygen atoms in total. The Balaban J connectivity index is -0.000000236. The Bertz CT molecular complexity index is 491. The van der Waals surface area contributed by atoms with Crippen molar-refractivity contribution in [2.24, 2.45) is 23.3 Å². The molecule has 0 aromatic carbocycles. The highest BCUT2D eigenvalue weighted by atomic mass is 16.2. The number of rotatable bonds is 9. The van der Waals surface area contributed by atoms with Crippen LogP contribution in [0, 0.1) is 11.8 Å². The Hall–Kier alpha value is -1.69. The van der Waals surface area contributed by atoms with E-state index < -0.39 is 0 Å². The maximum absolute atomic E-state index is 12.0. The van der Waals surface area contributed by atoms with Crippen molar-refractivity contribution in [2.75, 3.05) is 13.6 Å². The van der Waals surface area contributed by atoms with Crippen LogP contribution in [0.1, 0.15) is 88.3 Å². The average molecular weight is 416 g/mol. The number of carbonyl (C=O) groups excluding carboxylic acids is 3. The Morgan fingerprint density at radius 3 is 2.10 bits per heavy atom. The summed E-state index contributed by atoms with van der Waals surface area (Å²) in [6, 6.07) is -0.363. The molecule has 1 heterocycles. The number of Topliss-reactive ketones (excluding diaryl/α,β-unsaturated/α-hetero) is 1. The van der Waals surface area contributed by atoms with Crippen LogP contribution in [0.3, 0.4) is 0 Å². The molecular weight excluding hydrogens is 366 g/mol. The van der Waals surface area contributed by atoms with Gasteiger partial charge in [-0.3, -0.25) is 14.4 Å². The van der Waals surface area contributed by atoms with Gasteiger partial charge in [-0.15, -0.1) is 6.58 Å². The number of carbonyl (C=O) groups is 3. The van der Waals surface area contributed by atoms with E-state index in [1.165, 1.54) is 7.05 Å². The van der Waals surface area contributed by atoms with Crippen LogP contribution in [0.15, 0.2) is 12.7 Å². The van der Waals surface area contributed by atoms with Crippen molar-refractivity contribution in [3.8, 4) is 0 Å². The van der Waals surface area contributed by atoms with Gasteiger partial charge in [0.25, 0.3) is 0 Å². The van der Waals surface area contributed by atoms with Crippen LogP contribution in [-0.4, -0.2) is 42.1 Å². The average Bonchev–Trinajstić information content (AvgIpc) is 3.25. The number of amides is 2. The van der Waals surface area contributed by atoms with Gasteiger partial charge in [0.15, 0.2) is 0 Å². The SMILES string of the molecule is C=CCCCCCCC(=O)N1CCC[C@H]1C(N)=O.CC.CC(=O)[C@H]1C[C@H]1C.CN.[HH].[HH]. The van der Waals surface area contributed by atoms with E-state index in [0.29, 0.717) is 30.6 Å². The van der Waals surface area contributed by atoms with Crippen LogP contribution >= 0.6 is 0 Å². The number of hydrogen-bond donors (Lipinski definition) is 2. The van der Waals surface area contributed by atoms with Gasteiger partial charge >= 0.3 is 0 Å². The van der Waals surface area contributed by atoms with Crippen LogP contribution < -0.4 is 11.5 Å². The molecule has 2 aliphatic rings. The number of allylic oxidation sites excluding steroid dienone is 1. The first-order valence-corrected chi connectivity index (χ1v) is 11.2. The summed E-state index contributed by atoms with van der Waals surface area (Å²) in [5.74, 6) is 1.21. The molecule has 0 radical (unpaired) electrons. The summed E-state index contributed by atoms with van der Waals surface area (Å²) in [5.41, 5.74) is 9.79. The first-order valence-electron chi connectivity index (χ1n) is 11.2. The molecule has 2 rings (SSSR count). The summed E-state index contributed by atoms with van der Waals surface area (Å²) in [7, 11) is 1.50. The molecule has 29 heavy (non-hydrogen) atoms. The molecule has 1 aliphatic heterocycles. The van der Waals surface area contributed by atoms with Crippen molar-refractivity contribution in [1.29, 1.82) is 0 Å². The molecule has 174 valence electrons. The quantitative estimate of drug-likeness (QED) is 0.432. The highest BCUT2D eigenvalue weighted by Gasteiger charge is 2.36. The molecule has 1 saturated heterocycles. The second kappa shape index (κ2) is 18.3. The van der Waals surface area contributed by atoms with Gasteiger partial charge in [-0.05, 0) is 58.4 Å².